The molecule has 1 N–H and O–H groups in total. The fourth-order valence-corrected chi connectivity index (χ4v) is 2.08. The highest BCUT2D eigenvalue weighted by Crippen LogP contribution is 2.37. The number of halogens is 3. The Bertz CT molecular complexity index is 373. The lowest BCUT2D eigenvalue weighted by molar-refractivity contribution is -0.0417. The first-order chi connectivity index (χ1) is 7.62. The Hall–Kier alpha value is -0.870. The van der Waals surface area contributed by atoms with E-state index in [2.05, 4.69) is 5.32 Å². The van der Waals surface area contributed by atoms with Gasteiger partial charge in [0.05, 0.1) is 7.11 Å². The van der Waals surface area contributed by atoms with Gasteiger partial charge in [-0.05, 0) is 6.07 Å². The van der Waals surface area contributed by atoms with Crippen molar-refractivity contribution in [1.29, 1.82) is 0 Å². The number of methoxy groups -OCH3 is 1. The van der Waals surface area contributed by atoms with Crippen LogP contribution in [0.15, 0.2) is 24.3 Å². The Labute approximate surface area is 106 Å². The Morgan fingerprint density at radius 2 is 2.06 bits per heavy atom. The van der Waals surface area contributed by atoms with Crippen LogP contribution in [0.2, 0.25) is 0 Å². The molecule has 1 heterocycles. The molecule has 0 spiro atoms. The molecule has 1 aliphatic heterocycles. The summed E-state index contributed by atoms with van der Waals surface area (Å²) in [7, 11) is 1.56. The molecule has 0 aliphatic carbocycles. The smallest absolute Gasteiger partial charge is 0.251 e. The maximum absolute atomic E-state index is 13.3. The molecule has 1 atom stereocenters. The van der Waals surface area contributed by atoms with Gasteiger partial charge in [-0.2, -0.15) is 0 Å². The number of nitrogens with one attached hydrogen (secondary N) is 1. The quantitative estimate of drug-likeness (QED) is 0.885. The standard InChI is InChI=1S/C12H15F2NO.ClH/c1-16-11-5-3-2-4-9(11)10-8-12(13,14)6-7-15-10;/h2-5,10,15H,6-8H2,1H3;1H. The van der Waals surface area contributed by atoms with Crippen LogP contribution in [0.3, 0.4) is 0 Å². The van der Waals surface area contributed by atoms with Gasteiger partial charge in [-0.1, -0.05) is 18.2 Å². The van der Waals surface area contributed by atoms with Crippen LogP contribution in [-0.4, -0.2) is 19.6 Å². The lowest BCUT2D eigenvalue weighted by Gasteiger charge is -2.31. The monoisotopic (exact) mass is 263 g/mol. The molecule has 96 valence electrons. The minimum Gasteiger partial charge on any atom is -0.496 e. The largest absolute Gasteiger partial charge is 0.496 e. The second-order valence-electron chi connectivity index (χ2n) is 4.06. The summed E-state index contributed by atoms with van der Waals surface area (Å²) >= 11 is 0. The predicted molar refractivity (Wildman–Crippen MR) is 65.2 cm³/mol. The Morgan fingerprint density at radius 3 is 2.71 bits per heavy atom. The van der Waals surface area contributed by atoms with E-state index in [1.807, 2.05) is 18.2 Å². The van der Waals surface area contributed by atoms with Crippen molar-refractivity contribution >= 4 is 12.4 Å². The fraction of sp³-hybridized carbons (Fsp3) is 0.500. The van der Waals surface area contributed by atoms with Crippen molar-refractivity contribution in [3.63, 3.8) is 0 Å². The van der Waals surface area contributed by atoms with E-state index < -0.39 is 5.92 Å². The van der Waals surface area contributed by atoms with Crippen LogP contribution in [0.25, 0.3) is 0 Å². The van der Waals surface area contributed by atoms with Crippen LogP contribution in [0, 0.1) is 0 Å². The second-order valence-corrected chi connectivity index (χ2v) is 4.06. The first-order valence-electron chi connectivity index (χ1n) is 5.36. The molecule has 5 heteroatoms. The average molecular weight is 264 g/mol. The third kappa shape index (κ3) is 3.30. The van der Waals surface area contributed by atoms with Gasteiger partial charge < -0.3 is 10.1 Å². The SMILES string of the molecule is COc1ccccc1C1CC(F)(F)CCN1.Cl. The first kappa shape index (κ1) is 14.2. The topological polar surface area (TPSA) is 21.3 Å². The molecule has 17 heavy (non-hydrogen) atoms. The number of benzene rings is 1. The number of hydrogen-bond donors (Lipinski definition) is 1. The highest BCUT2D eigenvalue weighted by atomic mass is 35.5. The van der Waals surface area contributed by atoms with E-state index in [0.29, 0.717) is 12.3 Å². The Morgan fingerprint density at radius 1 is 1.35 bits per heavy atom. The molecule has 1 fully saturated rings. The van der Waals surface area contributed by atoms with Crippen LogP contribution in [0.1, 0.15) is 24.4 Å². The maximum Gasteiger partial charge on any atom is 0.251 e. The minimum absolute atomic E-state index is 0. The van der Waals surface area contributed by atoms with Crippen molar-refractivity contribution in [3.8, 4) is 5.75 Å². The number of ether oxygens (including phenoxy) is 1. The van der Waals surface area contributed by atoms with Crippen LogP contribution < -0.4 is 10.1 Å². The number of alkyl halides is 2. The predicted octanol–water partition coefficient (Wildman–Crippen LogP) is 3.18. The van der Waals surface area contributed by atoms with Crippen LogP contribution in [-0.2, 0) is 0 Å². The maximum atomic E-state index is 13.3. The molecule has 0 amide bonds. The summed E-state index contributed by atoms with van der Waals surface area (Å²) < 4.78 is 31.8. The summed E-state index contributed by atoms with van der Waals surface area (Å²) in [5.74, 6) is -1.91. The summed E-state index contributed by atoms with van der Waals surface area (Å²) in [6.45, 7) is 0.343. The summed E-state index contributed by atoms with van der Waals surface area (Å²) in [5.41, 5.74) is 0.810. The van der Waals surface area contributed by atoms with Crippen LogP contribution in [0.4, 0.5) is 8.78 Å². The average Bonchev–Trinajstić information content (AvgIpc) is 2.27. The van der Waals surface area contributed by atoms with Crippen molar-refractivity contribution < 1.29 is 13.5 Å². The molecule has 1 aromatic carbocycles. The van der Waals surface area contributed by atoms with Crippen LogP contribution in [0.5, 0.6) is 5.75 Å². The first-order valence-corrected chi connectivity index (χ1v) is 5.36. The van der Waals surface area contributed by atoms with Gasteiger partial charge in [-0.3, -0.25) is 0 Å². The van der Waals surface area contributed by atoms with E-state index in [1.54, 1.807) is 13.2 Å². The van der Waals surface area contributed by atoms with E-state index in [4.69, 9.17) is 4.74 Å². The number of piperidine rings is 1. The van der Waals surface area contributed by atoms with E-state index in [-0.39, 0.29) is 31.3 Å². The lowest BCUT2D eigenvalue weighted by atomic mass is 9.94. The van der Waals surface area contributed by atoms with E-state index in [9.17, 15) is 8.78 Å². The molecule has 1 aliphatic rings. The van der Waals surface area contributed by atoms with E-state index in [1.165, 1.54) is 0 Å². The molecule has 0 radical (unpaired) electrons. The zero-order chi connectivity index (χ0) is 11.6. The van der Waals surface area contributed by atoms with Crippen molar-refractivity contribution in [3.05, 3.63) is 29.8 Å². The van der Waals surface area contributed by atoms with Gasteiger partial charge in [0.1, 0.15) is 5.75 Å². The lowest BCUT2D eigenvalue weighted by Crippen LogP contribution is -2.38. The van der Waals surface area contributed by atoms with Gasteiger partial charge in [0.15, 0.2) is 0 Å². The molecular weight excluding hydrogens is 248 g/mol. The van der Waals surface area contributed by atoms with Crippen LogP contribution >= 0.6 is 12.4 Å². The molecule has 2 rings (SSSR count). The minimum atomic E-state index is -2.57. The Kier molecular flexibility index (Phi) is 4.71. The number of hydrogen-bond acceptors (Lipinski definition) is 2. The zero-order valence-electron chi connectivity index (χ0n) is 9.58. The molecule has 1 saturated heterocycles. The summed E-state index contributed by atoms with van der Waals surface area (Å²) in [4.78, 5) is 0. The van der Waals surface area contributed by atoms with Crippen molar-refractivity contribution in [1.82, 2.24) is 5.32 Å². The van der Waals surface area contributed by atoms with E-state index in [0.717, 1.165) is 5.56 Å². The fourth-order valence-electron chi connectivity index (χ4n) is 2.08. The third-order valence-corrected chi connectivity index (χ3v) is 2.90. The summed E-state index contributed by atoms with van der Waals surface area (Å²) in [6, 6.07) is 6.98. The summed E-state index contributed by atoms with van der Waals surface area (Å²) in [6.07, 6.45) is -0.244. The molecule has 2 nitrogen and oxygen atoms in total. The van der Waals surface area contributed by atoms with E-state index >= 15 is 0 Å². The molecular formula is C12H16ClF2NO. The second kappa shape index (κ2) is 5.65. The van der Waals surface area contributed by atoms with Gasteiger partial charge >= 0.3 is 0 Å². The molecule has 0 bridgehead atoms. The van der Waals surface area contributed by atoms with Crippen molar-refractivity contribution in [2.45, 2.75) is 24.8 Å². The number of rotatable bonds is 2. The van der Waals surface area contributed by atoms with Gasteiger partial charge in [0.2, 0.25) is 0 Å². The molecule has 0 saturated carbocycles. The highest BCUT2D eigenvalue weighted by molar-refractivity contribution is 5.85. The van der Waals surface area contributed by atoms with Gasteiger partial charge in [-0.15, -0.1) is 12.4 Å². The summed E-state index contributed by atoms with van der Waals surface area (Å²) in [5, 5.41) is 3.11. The molecule has 1 unspecified atom stereocenters. The molecule has 0 aromatic heterocycles. The van der Waals surface area contributed by atoms with Gasteiger partial charge in [-0.25, -0.2) is 8.78 Å². The normalized spacial score (nSPS) is 22.6. The van der Waals surface area contributed by atoms with Crippen molar-refractivity contribution in [2.75, 3.05) is 13.7 Å². The van der Waals surface area contributed by atoms with Crippen molar-refractivity contribution in [2.24, 2.45) is 0 Å². The third-order valence-electron chi connectivity index (χ3n) is 2.90. The Balaban J connectivity index is 0.00000144. The van der Waals surface area contributed by atoms with Gasteiger partial charge in [0.25, 0.3) is 5.92 Å². The highest BCUT2D eigenvalue weighted by Gasteiger charge is 2.37. The molecule has 1 aromatic rings. The van der Waals surface area contributed by atoms with Gasteiger partial charge in [0, 0.05) is 31.0 Å². The number of para-hydroxylation sites is 1. The zero-order valence-corrected chi connectivity index (χ0v) is 10.4.